The molecule has 0 bridgehead atoms. The Hall–Kier alpha value is -0.580. The molecule has 1 aromatic rings. The van der Waals surface area contributed by atoms with Gasteiger partial charge in [-0.25, -0.2) is 0 Å². The van der Waals surface area contributed by atoms with Crippen LogP contribution in [0, 0.1) is 0 Å². The van der Waals surface area contributed by atoms with Crippen LogP contribution in [0.5, 0.6) is 0 Å². The van der Waals surface area contributed by atoms with Crippen molar-refractivity contribution < 1.29 is 5.11 Å². The summed E-state index contributed by atoms with van der Waals surface area (Å²) in [6.45, 7) is 2.78. The summed E-state index contributed by atoms with van der Waals surface area (Å²) < 4.78 is 0. The predicted molar refractivity (Wildman–Crippen MR) is 64.1 cm³/mol. The summed E-state index contributed by atoms with van der Waals surface area (Å²) >= 11 is 1.78. The van der Waals surface area contributed by atoms with Crippen LogP contribution in [0.25, 0.3) is 0 Å². The molecule has 0 spiro atoms. The van der Waals surface area contributed by atoms with Gasteiger partial charge in [-0.05, 0) is 33.2 Å². The van der Waals surface area contributed by atoms with E-state index in [1.165, 1.54) is 0 Å². The lowest BCUT2D eigenvalue weighted by atomic mass is 10.2. The Morgan fingerprint density at radius 1 is 1.47 bits per heavy atom. The number of thioether (sulfide) groups is 1. The lowest BCUT2D eigenvalue weighted by Gasteiger charge is -2.09. The van der Waals surface area contributed by atoms with Gasteiger partial charge in [0.05, 0.1) is 11.8 Å². The summed E-state index contributed by atoms with van der Waals surface area (Å²) in [5.74, 6) is 1.06. The molecule has 0 amide bonds. The second-order valence-corrected chi connectivity index (χ2v) is 4.91. The van der Waals surface area contributed by atoms with E-state index < -0.39 is 6.10 Å². The molecule has 0 fully saturated rings. The molecule has 0 saturated heterocycles. The fraction of sp³-hybridized carbons (Fsp3) is 0.545. The number of aliphatic hydroxyl groups is 1. The molecule has 3 nitrogen and oxygen atoms in total. The zero-order valence-corrected chi connectivity index (χ0v) is 10.3. The van der Waals surface area contributed by atoms with E-state index in [0.29, 0.717) is 0 Å². The third-order valence-electron chi connectivity index (χ3n) is 1.99. The lowest BCUT2D eigenvalue weighted by Crippen LogP contribution is -2.14. The van der Waals surface area contributed by atoms with Crippen molar-refractivity contribution in [2.45, 2.75) is 17.9 Å². The summed E-state index contributed by atoms with van der Waals surface area (Å²) in [6, 6.07) is 3.89. The summed E-state index contributed by atoms with van der Waals surface area (Å²) in [4.78, 5) is 7.50. The molecular weight excluding hydrogens is 208 g/mol. The second kappa shape index (κ2) is 6.10. The molecule has 0 aliphatic rings. The Kier molecular flexibility index (Phi) is 5.08. The average Bonchev–Trinajstić information content (AvgIpc) is 2.18. The minimum Gasteiger partial charge on any atom is -0.387 e. The molecule has 1 aromatic heterocycles. The van der Waals surface area contributed by atoms with Gasteiger partial charge < -0.3 is 10.0 Å². The SMILES string of the molecule is CC(O)c1ccc(SCCN(C)C)cn1. The van der Waals surface area contributed by atoms with Gasteiger partial charge in [0, 0.05) is 23.4 Å². The zero-order chi connectivity index (χ0) is 11.3. The van der Waals surface area contributed by atoms with Crippen LogP contribution in [0.1, 0.15) is 18.7 Å². The number of rotatable bonds is 5. The molecule has 1 unspecified atom stereocenters. The summed E-state index contributed by atoms with van der Waals surface area (Å²) in [5.41, 5.74) is 0.729. The van der Waals surface area contributed by atoms with Crippen LogP contribution in [-0.4, -0.2) is 41.4 Å². The van der Waals surface area contributed by atoms with Crippen molar-refractivity contribution in [1.29, 1.82) is 0 Å². The van der Waals surface area contributed by atoms with Crippen molar-refractivity contribution in [3.05, 3.63) is 24.0 Å². The molecule has 1 atom stereocenters. The Bertz CT molecular complexity index is 285. The Labute approximate surface area is 95.5 Å². The van der Waals surface area contributed by atoms with Crippen LogP contribution in [0.15, 0.2) is 23.2 Å². The summed E-state index contributed by atoms with van der Waals surface area (Å²) in [7, 11) is 4.13. The van der Waals surface area contributed by atoms with Gasteiger partial charge in [0.15, 0.2) is 0 Å². The van der Waals surface area contributed by atoms with Gasteiger partial charge >= 0.3 is 0 Å². The van der Waals surface area contributed by atoms with Gasteiger partial charge in [0.25, 0.3) is 0 Å². The quantitative estimate of drug-likeness (QED) is 0.777. The van der Waals surface area contributed by atoms with E-state index in [0.717, 1.165) is 22.9 Å². The van der Waals surface area contributed by atoms with Crippen LogP contribution < -0.4 is 0 Å². The Morgan fingerprint density at radius 2 is 2.20 bits per heavy atom. The van der Waals surface area contributed by atoms with Crippen molar-refractivity contribution in [3.63, 3.8) is 0 Å². The van der Waals surface area contributed by atoms with Crippen LogP contribution >= 0.6 is 11.8 Å². The minimum atomic E-state index is -0.481. The zero-order valence-electron chi connectivity index (χ0n) is 9.47. The standard InChI is InChI=1S/C11H18N2OS/c1-9(14)11-5-4-10(8-12-11)15-7-6-13(2)3/h4-5,8-9,14H,6-7H2,1-3H3. The molecule has 15 heavy (non-hydrogen) atoms. The second-order valence-electron chi connectivity index (χ2n) is 3.75. The van der Waals surface area contributed by atoms with Crippen molar-refractivity contribution in [1.82, 2.24) is 9.88 Å². The van der Waals surface area contributed by atoms with Crippen molar-refractivity contribution in [2.75, 3.05) is 26.4 Å². The normalized spacial score (nSPS) is 13.1. The van der Waals surface area contributed by atoms with E-state index in [9.17, 15) is 5.11 Å². The predicted octanol–water partition coefficient (Wildman–Crippen LogP) is 1.79. The number of hydrogen-bond acceptors (Lipinski definition) is 4. The lowest BCUT2D eigenvalue weighted by molar-refractivity contribution is 0.194. The van der Waals surface area contributed by atoms with Crippen molar-refractivity contribution in [3.8, 4) is 0 Å². The van der Waals surface area contributed by atoms with E-state index in [-0.39, 0.29) is 0 Å². The highest BCUT2D eigenvalue weighted by Gasteiger charge is 2.02. The van der Waals surface area contributed by atoms with Crippen LogP contribution in [-0.2, 0) is 0 Å². The third-order valence-corrected chi connectivity index (χ3v) is 2.96. The van der Waals surface area contributed by atoms with Crippen molar-refractivity contribution in [2.24, 2.45) is 0 Å². The smallest absolute Gasteiger partial charge is 0.0931 e. The van der Waals surface area contributed by atoms with Crippen LogP contribution in [0.4, 0.5) is 0 Å². The molecular formula is C11H18N2OS. The number of hydrogen-bond donors (Lipinski definition) is 1. The molecule has 0 aromatic carbocycles. The first kappa shape index (κ1) is 12.5. The van der Waals surface area contributed by atoms with Gasteiger partial charge in [0.1, 0.15) is 0 Å². The molecule has 1 heterocycles. The maximum absolute atomic E-state index is 9.29. The molecule has 1 N–H and O–H groups in total. The van der Waals surface area contributed by atoms with E-state index in [2.05, 4.69) is 24.0 Å². The fourth-order valence-corrected chi connectivity index (χ4v) is 2.05. The largest absolute Gasteiger partial charge is 0.387 e. The van der Waals surface area contributed by atoms with Crippen molar-refractivity contribution >= 4 is 11.8 Å². The van der Waals surface area contributed by atoms with Gasteiger partial charge in [-0.1, -0.05) is 0 Å². The highest BCUT2D eigenvalue weighted by atomic mass is 32.2. The highest BCUT2D eigenvalue weighted by molar-refractivity contribution is 7.99. The molecule has 0 aliphatic carbocycles. The number of nitrogens with zero attached hydrogens (tertiary/aromatic N) is 2. The van der Waals surface area contributed by atoms with E-state index in [1.54, 1.807) is 18.7 Å². The third kappa shape index (κ3) is 4.64. The van der Waals surface area contributed by atoms with Gasteiger partial charge in [0.2, 0.25) is 0 Å². The molecule has 0 aliphatic heterocycles. The number of pyridine rings is 1. The maximum Gasteiger partial charge on any atom is 0.0931 e. The topological polar surface area (TPSA) is 36.4 Å². The van der Waals surface area contributed by atoms with Gasteiger partial charge in [-0.2, -0.15) is 0 Å². The first-order valence-electron chi connectivity index (χ1n) is 5.01. The average molecular weight is 226 g/mol. The highest BCUT2D eigenvalue weighted by Crippen LogP contribution is 2.18. The maximum atomic E-state index is 9.29. The molecule has 0 radical (unpaired) electrons. The molecule has 0 saturated carbocycles. The number of aliphatic hydroxyl groups excluding tert-OH is 1. The molecule has 1 rings (SSSR count). The Morgan fingerprint density at radius 3 is 2.67 bits per heavy atom. The minimum absolute atomic E-state index is 0.481. The van der Waals surface area contributed by atoms with E-state index in [4.69, 9.17) is 0 Å². The van der Waals surface area contributed by atoms with E-state index >= 15 is 0 Å². The first-order valence-corrected chi connectivity index (χ1v) is 5.99. The van der Waals surface area contributed by atoms with E-state index in [1.807, 2.05) is 18.3 Å². The van der Waals surface area contributed by atoms with Crippen LogP contribution in [0.2, 0.25) is 0 Å². The first-order chi connectivity index (χ1) is 7.09. The number of aromatic nitrogens is 1. The van der Waals surface area contributed by atoms with Gasteiger partial charge in [-0.3, -0.25) is 4.98 Å². The Balaban J connectivity index is 2.43. The monoisotopic (exact) mass is 226 g/mol. The molecule has 4 heteroatoms. The van der Waals surface area contributed by atoms with Crippen LogP contribution in [0.3, 0.4) is 0 Å². The summed E-state index contributed by atoms with van der Waals surface area (Å²) in [5, 5.41) is 9.29. The fourth-order valence-electron chi connectivity index (χ4n) is 1.07. The van der Waals surface area contributed by atoms with Gasteiger partial charge in [-0.15, -0.1) is 11.8 Å². The molecule has 84 valence electrons. The summed E-state index contributed by atoms with van der Waals surface area (Å²) in [6.07, 6.45) is 1.34.